The quantitative estimate of drug-likeness (QED) is 0.613. The summed E-state index contributed by atoms with van der Waals surface area (Å²) in [5.74, 6) is -0.272. The summed E-state index contributed by atoms with van der Waals surface area (Å²) >= 11 is 0. The molecule has 5 rings (SSSR count). The molecule has 3 aliphatic heterocycles. The Balaban J connectivity index is 1.21. The number of halogens is 1. The maximum atomic E-state index is 15.8. The van der Waals surface area contributed by atoms with Gasteiger partial charge in [-0.1, -0.05) is 0 Å². The van der Waals surface area contributed by atoms with Crippen LogP contribution in [0.1, 0.15) is 63.5 Å². The average molecular weight is 514 g/mol. The van der Waals surface area contributed by atoms with Crippen molar-refractivity contribution in [2.45, 2.75) is 57.8 Å². The molecule has 4 heterocycles. The Morgan fingerprint density at radius 2 is 1.76 bits per heavy atom. The number of hydrogen-bond donors (Lipinski definition) is 1. The van der Waals surface area contributed by atoms with Gasteiger partial charge in [0.15, 0.2) is 5.82 Å². The van der Waals surface area contributed by atoms with Gasteiger partial charge in [-0.3, -0.25) is 19.6 Å². The second-order valence-corrected chi connectivity index (χ2v) is 10.6. The fourth-order valence-electron chi connectivity index (χ4n) is 6.25. The maximum Gasteiger partial charge on any atom is 0.409 e. The normalized spacial score (nSPS) is 22.0. The van der Waals surface area contributed by atoms with Gasteiger partial charge in [-0.05, 0) is 69.4 Å². The number of carbonyl (C=O) groups is 3. The third-order valence-electron chi connectivity index (χ3n) is 8.28. The van der Waals surface area contributed by atoms with Crippen LogP contribution >= 0.6 is 0 Å². The summed E-state index contributed by atoms with van der Waals surface area (Å²) in [4.78, 5) is 39.8. The van der Waals surface area contributed by atoms with Crippen LogP contribution in [-0.2, 0) is 21.4 Å². The lowest BCUT2D eigenvalue weighted by molar-refractivity contribution is -0.134. The summed E-state index contributed by atoms with van der Waals surface area (Å²) in [6.07, 6.45) is 5.66. The number of ether oxygens (including phenoxy) is 1. The Bertz CT molecular complexity index is 1180. The lowest BCUT2D eigenvalue weighted by atomic mass is 9.82. The van der Waals surface area contributed by atoms with E-state index < -0.39 is 5.92 Å². The molecule has 1 atom stereocenters. The van der Waals surface area contributed by atoms with E-state index in [1.165, 1.54) is 4.68 Å². The van der Waals surface area contributed by atoms with Gasteiger partial charge in [0.25, 0.3) is 0 Å². The molecule has 0 radical (unpaired) electrons. The Hall–Kier alpha value is -3.17. The van der Waals surface area contributed by atoms with Crippen LogP contribution < -0.4 is 10.2 Å². The van der Waals surface area contributed by atoms with E-state index in [1.54, 1.807) is 13.1 Å². The van der Waals surface area contributed by atoms with Crippen LogP contribution in [0.4, 0.5) is 14.9 Å². The van der Waals surface area contributed by atoms with Gasteiger partial charge in [-0.25, -0.2) is 9.18 Å². The highest BCUT2D eigenvalue weighted by atomic mass is 19.1. The molecule has 10 heteroatoms. The number of anilines is 1. The number of hydrogen-bond acceptors (Lipinski definition) is 6. The van der Waals surface area contributed by atoms with Crippen LogP contribution in [0.5, 0.6) is 0 Å². The van der Waals surface area contributed by atoms with Gasteiger partial charge in [0.1, 0.15) is 5.52 Å². The van der Waals surface area contributed by atoms with Gasteiger partial charge < -0.3 is 14.5 Å². The van der Waals surface area contributed by atoms with Gasteiger partial charge in [0.2, 0.25) is 11.8 Å². The van der Waals surface area contributed by atoms with E-state index in [-0.39, 0.29) is 30.1 Å². The molecule has 3 amide bonds. The Labute approximate surface area is 216 Å². The first-order chi connectivity index (χ1) is 17.9. The highest BCUT2D eigenvalue weighted by Gasteiger charge is 2.33. The number of likely N-dealkylation sites (tertiary alicyclic amines) is 1. The first kappa shape index (κ1) is 25.5. The van der Waals surface area contributed by atoms with Gasteiger partial charge >= 0.3 is 6.09 Å². The summed E-state index contributed by atoms with van der Waals surface area (Å²) in [6.45, 7) is 5.36. The van der Waals surface area contributed by atoms with E-state index in [9.17, 15) is 14.4 Å². The lowest BCUT2D eigenvalue weighted by Crippen LogP contribution is -2.40. The largest absolute Gasteiger partial charge is 0.450 e. The highest BCUT2D eigenvalue weighted by molar-refractivity contribution is 6.02. The average Bonchev–Trinajstić information content (AvgIpc) is 3.22. The van der Waals surface area contributed by atoms with Crippen molar-refractivity contribution in [1.29, 1.82) is 0 Å². The number of imide groups is 1. The molecule has 1 N–H and O–H groups in total. The number of aryl methyl sites for hydroxylation is 1. The molecule has 2 aromatic rings. The van der Waals surface area contributed by atoms with Crippen LogP contribution in [0.2, 0.25) is 0 Å². The van der Waals surface area contributed by atoms with E-state index in [0.29, 0.717) is 47.1 Å². The molecule has 0 spiro atoms. The minimum absolute atomic E-state index is 0.203. The van der Waals surface area contributed by atoms with E-state index in [4.69, 9.17) is 4.74 Å². The number of fused-ring (bicyclic) bond motifs is 1. The molecular formula is C27H36FN5O4. The topological polar surface area (TPSA) is 96.8 Å². The smallest absolute Gasteiger partial charge is 0.409 e. The number of aromatic nitrogens is 2. The van der Waals surface area contributed by atoms with Crippen LogP contribution in [0.25, 0.3) is 10.9 Å². The van der Waals surface area contributed by atoms with Gasteiger partial charge in [0.05, 0.1) is 23.9 Å². The third kappa shape index (κ3) is 5.15. The van der Waals surface area contributed by atoms with Crippen molar-refractivity contribution in [2.24, 2.45) is 18.9 Å². The van der Waals surface area contributed by atoms with E-state index in [1.807, 2.05) is 17.9 Å². The SMILES string of the molecule is CCOC(=O)N1CCC(CC2CCN(c3ccc4c(C5CCC(=O)NC5=O)nn(C)c4c3F)CC2)CC1. The van der Waals surface area contributed by atoms with Crippen molar-refractivity contribution in [2.75, 3.05) is 37.7 Å². The van der Waals surface area contributed by atoms with E-state index in [2.05, 4.69) is 15.3 Å². The monoisotopic (exact) mass is 513 g/mol. The highest BCUT2D eigenvalue weighted by Crippen LogP contribution is 2.37. The molecular weight excluding hydrogens is 477 g/mol. The zero-order valence-corrected chi connectivity index (χ0v) is 21.7. The molecule has 1 aromatic carbocycles. The molecule has 1 aromatic heterocycles. The predicted octanol–water partition coefficient (Wildman–Crippen LogP) is 3.71. The summed E-state index contributed by atoms with van der Waals surface area (Å²) in [5, 5.41) is 7.49. The molecule has 3 aliphatic rings. The minimum atomic E-state index is -0.549. The van der Waals surface area contributed by atoms with Crippen molar-refractivity contribution in [3.8, 4) is 0 Å². The minimum Gasteiger partial charge on any atom is -0.450 e. The number of nitrogens with one attached hydrogen (secondary N) is 1. The molecule has 3 saturated heterocycles. The van der Waals surface area contributed by atoms with Crippen molar-refractivity contribution < 1.29 is 23.5 Å². The maximum absolute atomic E-state index is 15.8. The Morgan fingerprint density at radius 3 is 2.41 bits per heavy atom. The second kappa shape index (κ2) is 10.7. The Morgan fingerprint density at radius 1 is 1.08 bits per heavy atom. The fraction of sp³-hybridized carbons (Fsp3) is 0.630. The fourth-order valence-corrected chi connectivity index (χ4v) is 6.25. The summed E-state index contributed by atoms with van der Waals surface area (Å²) in [5.41, 5.74) is 1.50. The molecule has 0 aliphatic carbocycles. The van der Waals surface area contributed by atoms with Crippen molar-refractivity contribution in [3.63, 3.8) is 0 Å². The van der Waals surface area contributed by atoms with Crippen molar-refractivity contribution in [1.82, 2.24) is 20.0 Å². The van der Waals surface area contributed by atoms with Crippen LogP contribution in [-0.4, -0.2) is 65.4 Å². The first-order valence-corrected chi connectivity index (χ1v) is 13.5. The molecule has 0 saturated carbocycles. The second-order valence-electron chi connectivity index (χ2n) is 10.6. The van der Waals surface area contributed by atoms with Gasteiger partial charge in [-0.15, -0.1) is 0 Å². The van der Waals surface area contributed by atoms with Gasteiger partial charge in [0, 0.05) is 45.0 Å². The molecule has 0 bridgehead atoms. The number of piperidine rings is 3. The molecule has 37 heavy (non-hydrogen) atoms. The predicted molar refractivity (Wildman–Crippen MR) is 137 cm³/mol. The van der Waals surface area contributed by atoms with Gasteiger partial charge in [-0.2, -0.15) is 5.10 Å². The zero-order valence-electron chi connectivity index (χ0n) is 21.7. The molecule has 200 valence electrons. The van der Waals surface area contributed by atoms with Crippen LogP contribution in [0, 0.1) is 17.7 Å². The number of nitrogens with zero attached hydrogens (tertiary/aromatic N) is 4. The molecule has 1 unspecified atom stereocenters. The third-order valence-corrected chi connectivity index (χ3v) is 8.28. The lowest BCUT2D eigenvalue weighted by Gasteiger charge is -2.37. The van der Waals surface area contributed by atoms with Crippen LogP contribution in [0.15, 0.2) is 12.1 Å². The number of amides is 3. The molecule has 9 nitrogen and oxygen atoms in total. The van der Waals surface area contributed by atoms with E-state index >= 15 is 4.39 Å². The Kier molecular flexibility index (Phi) is 7.35. The molecule has 3 fully saturated rings. The summed E-state index contributed by atoms with van der Waals surface area (Å²) < 4.78 is 22.4. The first-order valence-electron chi connectivity index (χ1n) is 13.5. The summed E-state index contributed by atoms with van der Waals surface area (Å²) in [6, 6.07) is 3.67. The number of benzene rings is 1. The van der Waals surface area contributed by atoms with E-state index in [0.717, 1.165) is 58.3 Å². The standard InChI is InChI=1S/C27H36FN5O4/c1-3-37-27(36)33-14-10-18(11-15-33)16-17-8-12-32(13-9-17)21-6-4-19-24(30-31(2)25(19)23(21)28)20-5-7-22(34)29-26(20)35/h4,6,17-18,20H,3,5,7-16H2,1-2H3,(H,29,34,35). The van der Waals surface area contributed by atoms with Crippen LogP contribution in [0.3, 0.4) is 0 Å². The number of rotatable bonds is 5. The summed E-state index contributed by atoms with van der Waals surface area (Å²) in [7, 11) is 1.70. The number of carbonyl (C=O) groups excluding carboxylic acids is 3. The zero-order chi connectivity index (χ0) is 26.1. The van der Waals surface area contributed by atoms with Crippen molar-refractivity contribution >= 4 is 34.5 Å². The van der Waals surface area contributed by atoms with Crippen molar-refractivity contribution in [3.05, 3.63) is 23.6 Å².